The lowest BCUT2D eigenvalue weighted by atomic mass is 10.0. The van der Waals surface area contributed by atoms with Crippen molar-refractivity contribution in [3.8, 4) is 11.7 Å². The maximum Gasteiger partial charge on any atom is 0.394 e. The van der Waals surface area contributed by atoms with E-state index in [0.29, 0.717) is 54.2 Å². The van der Waals surface area contributed by atoms with Crippen LogP contribution in [0.4, 0.5) is 19.0 Å². The number of rotatable bonds is 6. The molecule has 1 aliphatic carbocycles. The predicted molar refractivity (Wildman–Crippen MR) is 166 cm³/mol. The van der Waals surface area contributed by atoms with E-state index >= 15 is 0 Å². The molecule has 2 N–H and O–H groups in total. The van der Waals surface area contributed by atoms with E-state index in [1.54, 1.807) is 24.4 Å². The number of carbonyl (C=O) groups is 1. The van der Waals surface area contributed by atoms with Crippen LogP contribution in [0.2, 0.25) is 0 Å². The second-order valence-electron chi connectivity index (χ2n) is 11.2. The van der Waals surface area contributed by atoms with Gasteiger partial charge in [0.2, 0.25) is 5.88 Å². The number of carbonyl (C=O) groups excluding carboxylic acids is 1. The van der Waals surface area contributed by atoms with Crippen molar-refractivity contribution in [3.05, 3.63) is 55.0 Å². The third-order valence-electron chi connectivity index (χ3n) is 7.74. The highest BCUT2D eigenvalue weighted by atomic mass is 32.2. The summed E-state index contributed by atoms with van der Waals surface area (Å²) in [6.45, 7) is 17.2. The molecule has 2 fully saturated rings. The van der Waals surface area contributed by atoms with Crippen LogP contribution in [0.1, 0.15) is 63.7 Å². The maximum atomic E-state index is 13.4. The second kappa shape index (κ2) is 13.6. The Balaban J connectivity index is 0.00000216. The molecule has 0 aromatic carbocycles. The van der Waals surface area contributed by atoms with E-state index in [9.17, 15) is 18.0 Å². The summed E-state index contributed by atoms with van der Waals surface area (Å²) in [4.78, 5) is 24.7. The first kappa shape index (κ1) is 33.4. The Morgan fingerprint density at radius 1 is 1.25 bits per heavy atom. The second-order valence-corrected chi connectivity index (χ2v) is 12.0. The number of aliphatic imine (C=N–C) groups is 1. The number of anilines is 1. The van der Waals surface area contributed by atoms with Crippen LogP contribution in [0.15, 0.2) is 54.4 Å². The van der Waals surface area contributed by atoms with Gasteiger partial charge in [-0.1, -0.05) is 27.0 Å². The highest BCUT2D eigenvalue weighted by molar-refractivity contribution is 8.13. The number of pyridine rings is 1. The molecule has 0 spiro atoms. The van der Waals surface area contributed by atoms with Crippen LogP contribution in [0, 0.1) is 5.41 Å². The van der Waals surface area contributed by atoms with Gasteiger partial charge in [-0.3, -0.25) is 9.52 Å². The van der Waals surface area contributed by atoms with Gasteiger partial charge < -0.3 is 19.7 Å². The lowest BCUT2D eigenvalue weighted by Crippen LogP contribution is -2.40. The zero-order valence-electron chi connectivity index (χ0n) is 25.5. The average Bonchev–Trinajstić information content (AvgIpc) is 3.54. The molecule has 10 nitrogen and oxygen atoms in total. The van der Waals surface area contributed by atoms with E-state index in [1.165, 1.54) is 10.8 Å². The number of alkyl halides is 3. The molecule has 2 aromatic heterocycles. The normalized spacial score (nSPS) is 22.5. The van der Waals surface area contributed by atoms with Gasteiger partial charge >= 0.3 is 6.18 Å². The molecule has 5 rings (SSSR count). The number of nitrogens with one attached hydrogen (secondary N) is 2. The van der Waals surface area contributed by atoms with E-state index in [-0.39, 0.29) is 49.3 Å². The van der Waals surface area contributed by atoms with Crippen LogP contribution < -0.4 is 19.7 Å². The zero-order chi connectivity index (χ0) is 32.1. The predicted octanol–water partition coefficient (Wildman–Crippen LogP) is 5.82. The van der Waals surface area contributed by atoms with Gasteiger partial charge in [0.15, 0.2) is 5.82 Å². The summed E-state index contributed by atoms with van der Waals surface area (Å²) in [6.07, 6.45) is -0.308. The number of ether oxygens (including phenoxy) is 2. The maximum absolute atomic E-state index is 13.4. The third kappa shape index (κ3) is 7.57. The molecule has 44 heavy (non-hydrogen) atoms. The van der Waals surface area contributed by atoms with Gasteiger partial charge in [0.1, 0.15) is 16.7 Å². The van der Waals surface area contributed by atoms with Crippen molar-refractivity contribution in [1.82, 2.24) is 24.8 Å². The monoisotopic (exact) mass is 635 g/mol. The number of nitrogens with zero attached hydrogens (tertiary/aromatic N) is 5. The van der Waals surface area contributed by atoms with Crippen molar-refractivity contribution in [3.63, 3.8) is 0 Å². The van der Waals surface area contributed by atoms with Crippen LogP contribution >= 0.6 is 11.9 Å². The van der Waals surface area contributed by atoms with E-state index in [2.05, 4.69) is 52.0 Å². The largest absolute Gasteiger partial charge is 0.477 e. The quantitative estimate of drug-likeness (QED) is 0.383. The summed E-state index contributed by atoms with van der Waals surface area (Å²) in [7, 11) is 0. The number of fused-ring (bicyclic) bond motifs is 4. The average molecular weight is 636 g/mol. The Bertz CT molecular complexity index is 1390. The molecule has 240 valence electrons. The third-order valence-corrected chi connectivity index (χ3v) is 8.50. The molecule has 3 aliphatic rings. The van der Waals surface area contributed by atoms with Gasteiger partial charge in [0.25, 0.3) is 5.91 Å². The van der Waals surface area contributed by atoms with Crippen molar-refractivity contribution >= 4 is 28.7 Å². The molecule has 1 saturated heterocycles. The molecule has 2 bridgehead atoms. The minimum absolute atomic E-state index is 0.0891. The van der Waals surface area contributed by atoms with Gasteiger partial charge in [-0.2, -0.15) is 13.2 Å². The smallest absolute Gasteiger partial charge is 0.394 e. The number of hydrogen-bond donors (Lipinski definition) is 2. The fourth-order valence-corrected chi connectivity index (χ4v) is 5.71. The molecular weight excluding hydrogens is 595 g/mol. The Hall–Kier alpha value is -3.52. The number of aromatic nitrogens is 3. The highest BCUT2D eigenvalue weighted by Gasteiger charge is 2.62. The van der Waals surface area contributed by atoms with Crippen LogP contribution in [0.3, 0.4) is 0 Å². The van der Waals surface area contributed by atoms with Crippen molar-refractivity contribution in [1.29, 1.82) is 0 Å². The van der Waals surface area contributed by atoms with E-state index in [0.717, 1.165) is 11.9 Å². The number of halogens is 3. The Labute approximate surface area is 260 Å². The molecule has 2 aromatic rings. The fraction of sp³-hybridized carbons (Fsp3) is 0.533. The van der Waals surface area contributed by atoms with E-state index < -0.39 is 11.6 Å². The minimum Gasteiger partial charge on any atom is -0.477 e. The SMILES string of the molecule is C=C/C1=N\C(=C)NCCOC2CN(c3nc(-n4ccc(OCCC5(C(F)(F)F)CC5)n4)ccc3C(=O)NS1)C(C)(C)C2.CC. The van der Waals surface area contributed by atoms with Crippen molar-refractivity contribution in [2.24, 2.45) is 10.4 Å². The van der Waals surface area contributed by atoms with Crippen LogP contribution in [-0.4, -0.2) is 69.8 Å². The molecule has 1 amide bonds. The molecule has 14 heteroatoms. The molecule has 0 radical (unpaired) electrons. The molecule has 1 atom stereocenters. The first-order chi connectivity index (χ1) is 20.9. The van der Waals surface area contributed by atoms with Crippen LogP contribution in [0.25, 0.3) is 5.82 Å². The van der Waals surface area contributed by atoms with E-state index in [1.807, 2.05) is 13.8 Å². The molecular formula is C30H40F3N7O3S. The Kier molecular flexibility index (Phi) is 10.3. The molecule has 2 aliphatic heterocycles. The van der Waals surface area contributed by atoms with Gasteiger partial charge in [-0.05, 0) is 57.7 Å². The summed E-state index contributed by atoms with van der Waals surface area (Å²) >= 11 is 1.02. The van der Waals surface area contributed by atoms with E-state index in [4.69, 9.17) is 14.5 Å². The summed E-state index contributed by atoms with van der Waals surface area (Å²) < 4.78 is 55.7. The topological polar surface area (TPSA) is 106 Å². The lowest BCUT2D eigenvalue weighted by molar-refractivity contribution is -0.190. The first-order valence-electron chi connectivity index (χ1n) is 14.7. The molecule has 1 unspecified atom stereocenters. The fourth-order valence-electron chi connectivity index (χ4n) is 5.16. The van der Waals surface area contributed by atoms with Crippen molar-refractivity contribution < 1.29 is 27.4 Å². The highest BCUT2D eigenvalue weighted by Crippen LogP contribution is 2.59. The summed E-state index contributed by atoms with van der Waals surface area (Å²) in [5.41, 5.74) is -1.66. The summed E-state index contributed by atoms with van der Waals surface area (Å²) in [6, 6.07) is 4.90. The van der Waals surface area contributed by atoms with Gasteiger partial charge in [0, 0.05) is 42.8 Å². The standard InChI is InChI=1S/C28H34F3N7O3S.C2H6/c1-5-23-33-18(2)32-12-15-40-19-16-26(3,4)37(17-19)24-20(25(39)36-42-23)6-7-21(34-24)38-13-8-22(35-38)41-14-11-27(9-10-27)28(29,30)31;1-2/h5-8,13,19,32H,1-2,9-12,14-17H2,3-4H3,(H,36,39);1-2H3/b33-23+;. The zero-order valence-corrected chi connectivity index (χ0v) is 26.4. The minimum atomic E-state index is -4.22. The van der Waals surface area contributed by atoms with Crippen molar-refractivity contribution in [2.45, 2.75) is 71.2 Å². The van der Waals surface area contributed by atoms with Crippen molar-refractivity contribution in [2.75, 3.05) is 31.2 Å². The van der Waals surface area contributed by atoms with Gasteiger partial charge in [0.05, 0.1) is 30.3 Å². The Morgan fingerprint density at radius 3 is 2.68 bits per heavy atom. The molecule has 1 saturated carbocycles. The Morgan fingerprint density at radius 2 is 2.00 bits per heavy atom. The summed E-state index contributed by atoms with van der Waals surface area (Å²) in [5.74, 6) is 1.13. The van der Waals surface area contributed by atoms with Gasteiger partial charge in [-0.25, -0.2) is 14.7 Å². The lowest BCUT2D eigenvalue weighted by Gasteiger charge is -2.33. The van der Waals surface area contributed by atoms with Gasteiger partial charge in [-0.15, -0.1) is 5.10 Å². The van der Waals surface area contributed by atoms with Crippen LogP contribution in [0.5, 0.6) is 5.88 Å². The number of hydrogen-bond acceptors (Lipinski definition) is 9. The first-order valence-corrected chi connectivity index (χ1v) is 15.5. The number of amides is 1. The molecule has 4 heterocycles. The van der Waals surface area contributed by atoms with Crippen LogP contribution in [-0.2, 0) is 4.74 Å². The summed E-state index contributed by atoms with van der Waals surface area (Å²) in [5, 5.41) is 7.93.